The van der Waals surface area contributed by atoms with Crippen LogP contribution in [0.3, 0.4) is 0 Å². The van der Waals surface area contributed by atoms with E-state index in [4.69, 9.17) is 14.2 Å². The molecule has 1 aromatic carbocycles. The van der Waals surface area contributed by atoms with Gasteiger partial charge in [-0.1, -0.05) is 6.07 Å². The summed E-state index contributed by atoms with van der Waals surface area (Å²) in [5, 5.41) is 5.20. The molecular formula is C20H27N2O4S+. The molecule has 1 aliphatic rings. The number of hydrogen-bond donors (Lipinski definition) is 2. The Hall–Kier alpha value is -2.25. The van der Waals surface area contributed by atoms with E-state index < -0.39 is 0 Å². The van der Waals surface area contributed by atoms with Crippen LogP contribution >= 0.6 is 11.3 Å². The van der Waals surface area contributed by atoms with Gasteiger partial charge in [0.2, 0.25) is 5.75 Å². The highest BCUT2D eigenvalue weighted by Gasteiger charge is 2.29. The van der Waals surface area contributed by atoms with Gasteiger partial charge in [0.25, 0.3) is 5.91 Å². The SMILES string of the molecule is COc1cc(C(=O)NC[C@@H](c2cccs2)[NH+]2CCCC2)cc(OC)c1OC. The maximum atomic E-state index is 12.8. The molecule has 1 aromatic heterocycles. The maximum Gasteiger partial charge on any atom is 0.251 e. The summed E-state index contributed by atoms with van der Waals surface area (Å²) in [6.45, 7) is 2.91. The minimum absolute atomic E-state index is 0.144. The average molecular weight is 392 g/mol. The van der Waals surface area contributed by atoms with E-state index in [1.807, 2.05) is 0 Å². The zero-order chi connectivity index (χ0) is 19.2. The summed E-state index contributed by atoms with van der Waals surface area (Å²) < 4.78 is 16.0. The first-order valence-electron chi connectivity index (χ1n) is 9.14. The van der Waals surface area contributed by atoms with E-state index in [9.17, 15) is 4.79 Å². The number of likely N-dealkylation sites (tertiary alicyclic amines) is 1. The van der Waals surface area contributed by atoms with Crippen LogP contribution in [0.2, 0.25) is 0 Å². The quantitative estimate of drug-likeness (QED) is 0.722. The van der Waals surface area contributed by atoms with Crippen LogP contribution in [-0.4, -0.2) is 46.9 Å². The van der Waals surface area contributed by atoms with Crippen LogP contribution in [0.15, 0.2) is 29.6 Å². The molecule has 146 valence electrons. The van der Waals surface area contributed by atoms with Crippen LogP contribution < -0.4 is 24.4 Å². The predicted molar refractivity (Wildman–Crippen MR) is 105 cm³/mol. The van der Waals surface area contributed by atoms with Gasteiger partial charge in [-0.15, -0.1) is 11.3 Å². The standard InChI is InChI=1S/C20H26N2O4S/c1-24-16-11-14(12-17(25-2)19(16)26-3)20(23)21-13-15(18-7-6-10-27-18)22-8-4-5-9-22/h6-7,10-12,15H,4-5,8-9,13H2,1-3H3,(H,21,23)/p+1/t15-/m0/s1. The third kappa shape index (κ3) is 4.36. The second kappa shape index (κ2) is 9.10. The Balaban J connectivity index is 1.76. The van der Waals surface area contributed by atoms with E-state index in [1.54, 1.807) is 49.7 Å². The Morgan fingerprint density at radius 1 is 1.15 bits per heavy atom. The van der Waals surface area contributed by atoms with Crippen molar-refractivity contribution in [1.82, 2.24) is 5.32 Å². The fourth-order valence-electron chi connectivity index (χ4n) is 3.62. The lowest BCUT2D eigenvalue weighted by Gasteiger charge is -2.24. The van der Waals surface area contributed by atoms with Crippen LogP contribution in [0.25, 0.3) is 0 Å². The first-order chi connectivity index (χ1) is 13.2. The van der Waals surface area contributed by atoms with E-state index in [-0.39, 0.29) is 5.91 Å². The van der Waals surface area contributed by atoms with Gasteiger partial charge in [0.1, 0.15) is 6.04 Å². The fourth-order valence-corrected chi connectivity index (χ4v) is 4.51. The number of quaternary nitrogens is 1. The number of methoxy groups -OCH3 is 3. The minimum Gasteiger partial charge on any atom is -0.493 e. The molecule has 1 saturated heterocycles. The summed E-state index contributed by atoms with van der Waals surface area (Å²) in [6, 6.07) is 7.88. The molecule has 0 unspecified atom stereocenters. The van der Waals surface area contributed by atoms with E-state index in [0.29, 0.717) is 35.4 Å². The molecule has 2 N–H and O–H groups in total. The number of nitrogens with one attached hydrogen (secondary N) is 2. The molecule has 6 nitrogen and oxygen atoms in total. The van der Waals surface area contributed by atoms with Crippen molar-refractivity contribution in [2.75, 3.05) is 41.0 Å². The highest BCUT2D eigenvalue weighted by molar-refractivity contribution is 7.10. The van der Waals surface area contributed by atoms with Crippen LogP contribution in [0.4, 0.5) is 0 Å². The summed E-state index contributed by atoms with van der Waals surface area (Å²) in [6.07, 6.45) is 2.50. The summed E-state index contributed by atoms with van der Waals surface area (Å²) in [5.74, 6) is 1.29. The van der Waals surface area contributed by atoms with Crippen LogP contribution in [-0.2, 0) is 0 Å². The lowest BCUT2D eigenvalue weighted by molar-refractivity contribution is -0.918. The van der Waals surface area contributed by atoms with Gasteiger partial charge in [-0.25, -0.2) is 0 Å². The van der Waals surface area contributed by atoms with Gasteiger partial charge in [-0.05, 0) is 23.6 Å². The van der Waals surface area contributed by atoms with Crippen molar-refractivity contribution in [3.8, 4) is 17.2 Å². The van der Waals surface area contributed by atoms with Crippen LogP contribution in [0, 0.1) is 0 Å². The van der Waals surface area contributed by atoms with Gasteiger partial charge < -0.3 is 24.4 Å². The van der Waals surface area contributed by atoms with E-state index in [1.165, 1.54) is 17.7 Å². The number of benzene rings is 1. The predicted octanol–water partition coefficient (Wildman–Crippen LogP) is 1.92. The average Bonchev–Trinajstić information content (AvgIpc) is 3.41. The molecule has 1 amide bonds. The number of hydrogen-bond acceptors (Lipinski definition) is 5. The first-order valence-corrected chi connectivity index (χ1v) is 10.0. The molecule has 2 heterocycles. The Labute approximate surface area is 164 Å². The molecule has 0 saturated carbocycles. The van der Waals surface area contributed by atoms with E-state index in [2.05, 4.69) is 22.8 Å². The molecule has 27 heavy (non-hydrogen) atoms. The smallest absolute Gasteiger partial charge is 0.251 e. The van der Waals surface area contributed by atoms with E-state index >= 15 is 0 Å². The highest BCUT2D eigenvalue weighted by Crippen LogP contribution is 2.38. The van der Waals surface area contributed by atoms with Gasteiger partial charge in [-0.2, -0.15) is 0 Å². The number of rotatable bonds is 8. The molecule has 1 aliphatic heterocycles. The minimum atomic E-state index is -0.144. The Bertz CT molecular complexity index is 732. The molecule has 0 spiro atoms. The maximum absolute atomic E-state index is 12.8. The lowest BCUT2D eigenvalue weighted by Crippen LogP contribution is -3.11. The number of ether oxygens (including phenoxy) is 3. The van der Waals surface area contributed by atoms with Gasteiger partial charge in [0, 0.05) is 18.4 Å². The molecule has 0 radical (unpaired) electrons. The second-order valence-electron chi connectivity index (χ2n) is 6.56. The Kier molecular flexibility index (Phi) is 6.58. The second-order valence-corrected chi connectivity index (χ2v) is 7.54. The van der Waals surface area contributed by atoms with E-state index in [0.717, 1.165) is 13.1 Å². The van der Waals surface area contributed by atoms with Crippen molar-refractivity contribution in [1.29, 1.82) is 0 Å². The lowest BCUT2D eigenvalue weighted by atomic mass is 10.1. The zero-order valence-electron chi connectivity index (χ0n) is 16.0. The summed E-state index contributed by atoms with van der Waals surface area (Å²) in [4.78, 5) is 15.7. The fraction of sp³-hybridized carbons (Fsp3) is 0.450. The van der Waals surface area contributed by atoms with Crippen molar-refractivity contribution in [3.05, 3.63) is 40.1 Å². The number of carbonyl (C=O) groups excluding carboxylic acids is 1. The van der Waals surface area contributed by atoms with Gasteiger partial charge >= 0.3 is 0 Å². The molecule has 7 heteroatoms. The largest absolute Gasteiger partial charge is 0.493 e. The Morgan fingerprint density at radius 3 is 2.33 bits per heavy atom. The van der Waals surface area contributed by atoms with Crippen molar-refractivity contribution < 1.29 is 23.9 Å². The Morgan fingerprint density at radius 2 is 1.81 bits per heavy atom. The van der Waals surface area contributed by atoms with Crippen molar-refractivity contribution in [2.24, 2.45) is 0 Å². The highest BCUT2D eigenvalue weighted by atomic mass is 32.1. The molecule has 0 bridgehead atoms. The normalized spacial score (nSPS) is 15.4. The third-order valence-corrected chi connectivity index (χ3v) is 6.00. The van der Waals surface area contributed by atoms with Crippen molar-refractivity contribution >= 4 is 17.2 Å². The molecular weight excluding hydrogens is 364 g/mol. The molecule has 1 fully saturated rings. The number of carbonyl (C=O) groups is 1. The van der Waals surface area contributed by atoms with Gasteiger partial charge in [-0.3, -0.25) is 4.79 Å². The van der Waals surface area contributed by atoms with Crippen molar-refractivity contribution in [2.45, 2.75) is 18.9 Å². The van der Waals surface area contributed by atoms with Crippen LogP contribution in [0.5, 0.6) is 17.2 Å². The van der Waals surface area contributed by atoms with Gasteiger partial charge in [0.05, 0.1) is 45.8 Å². The van der Waals surface area contributed by atoms with Gasteiger partial charge in [0.15, 0.2) is 11.5 Å². The first kappa shape index (κ1) is 19.5. The molecule has 3 rings (SSSR count). The topological polar surface area (TPSA) is 61.2 Å². The summed E-state index contributed by atoms with van der Waals surface area (Å²) in [7, 11) is 4.63. The number of amides is 1. The molecule has 0 aliphatic carbocycles. The third-order valence-electron chi connectivity index (χ3n) is 5.02. The molecule has 1 atom stereocenters. The summed E-state index contributed by atoms with van der Waals surface area (Å²) in [5.41, 5.74) is 0.492. The molecule has 2 aromatic rings. The zero-order valence-corrected chi connectivity index (χ0v) is 16.9. The monoisotopic (exact) mass is 391 g/mol. The van der Waals surface area contributed by atoms with Crippen LogP contribution in [0.1, 0.15) is 34.1 Å². The number of thiophene rings is 1. The summed E-state index contributed by atoms with van der Waals surface area (Å²) >= 11 is 1.75. The van der Waals surface area contributed by atoms with Crippen molar-refractivity contribution in [3.63, 3.8) is 0 Å².